The van der Waals surface area contributed by atoms with Crippen molar-refractivity contribution in [3.05, 3.63) is 35.4 Å². The number of ether oxygens (including phenoxy) is 1. The lowest BCUT2D eigenvalue weighted by Gasteiger charge is -2.20. The summed E-state index contributed by atoms with van der Waals surface area (Å²) in [6.07, 6.45) is -2.02. The molecule has 0 fully saturated rings. The second-order valence-corrected chi connectivity index (χ2v) is 3.84. The van der Waals surface area contributed by atoms with Crippen molar-refractivity contribution >= 4 is 6.40 Å². The minimum absolute atomic E-state index is 0.217. The van der Waals surface area contributed by atoms with Crippen LogP contribution in [0.5, 0.6) is 0 Å². The second-order valence-electron chi connectivity index (χ2n) is 3.84. The van der Waals surface area contributed by atoms with Gasteiger partial charge in [-0.3, -0.25) is 0 Å². The van der Waals surface area contributed by atoms with E-state index in [-0.39, 0.29) is 6.61 Å². The Labute approximate surface area is 90.8 Å². The van der Waals surface area contributed by atoms with Crippen LogP contribution in [0.15, 0.2) is 29.3 Å². The van der Waals surface area contributed by atoms with E-state index >= 15 is 0 Å². The van der Waals surface area contributed by atoms with Crippen LogP contribution in [0.1, 0.15) is 18.1 Å². The Kier molecular flexibility index (Phi) is 2.40. The Morgan fingerprint density at radius 2 is 2.19 bits per heavy atom. The molecule has 1 unspecified atom stereocenters. The number of aliphatic imine (C=N–C) groups is 1. The lowest BCUT2D eigenvalue weighted by atomic mass is 9.92. The number of halogens is 3. The molecule has 1 aromatic carbocycles. The van der Waals surface area contributed by atoms with Crippen molar-refractivity contribution in [3.8, 4) is 0 Å². The highest BCUT2D eigenvalue weighted by molar-refractivity contribution is 5.52. The molecule has 0 N–H and O–H groups in total. The highest BCUT2D eigenvalue weighted by Gasteiger charge is 2.35. The Morgan fingerprint density at radius 3 is 2.75 bits per heavy atom. The van der Waals surface area contributed by atoms with E-state index in [0.29, 0.717) is 5.56 Å². The molecule has 1 heterocycles. The molecule has 1 aliphatic rings. The molecule has 0 spiro atoms. The minimum atomic E-state index is -4.33. The van der Waals surface area contributed by atoms with E-state index in [2.05, 4.69) is 11.4 Å². The minimum Gasteiger partial charge on any atom is -0.471 e. The molecule has 1 atom stereocenters. The molecular formula is C11H9F3NO. The van der Waals surface area contributed by atoms with Gasteiger partial charge in [-0.05, 0) is 24.6 Å². The first kappa shape index (κ1) is 11.0. The van der Waals surface area contributed by atoms with Crippen LogP contribution in [0.25, 0.3) is 0 Å². The van der Waals surface area contributed by atoms with Crippen LogP contribution < -0.4 is 0 Å². The lowest BCUT2D eigenvalue weighted by molar-refractivity contribution is -0.137. The number of nitrogens with zero attached hydrogens (tertiary/aromatic N) is 1. The van der Waals surface area contributed by atoms with Gasteiger partial charge in [0.25, 0.3) is 6.40 Å². The third-order valence-corrected chi connectivity index (χ3v) is 2.52. The van der Waals surface area contributed by atoms with E-state index in [1.165, 1.54) is 6.07 Å². The van der Waals surface area contributed by atoms with Crippen molar-refractivity contribution in [2.24, 2.45) is 4.99 Å². The van der Waals surface area contributed by atoms with Crippen molar-refractivity contribution in [3.63, 3.8) is 0 Å². The summed E-state index contributed by atoms with van der Waals surface area (Å²) in [6, 6.07) is 5.11. The zero-order chi connectivity index (χ0) is 11.8. The zero-order valence-electron chi connectivity index (χ0n) is 8.51. The number of hydrogen-bond donors (Lipinski definition) is 0. The predicted octanol–water partition coefficient (Wildman–Crippen LogP) is 2.86. The van der Waals surface area contributed by atoms with Crippen molar-refractivity contribution in [2.45, 2.75) is 18.6 Å². The fraction of sp³-hybridized carbons (Fsp3) is 0.364. The topological polar surface area (TPSA) is 21.6 Å². The fourth-order valence-electron chi connectivity index (χ4n) is 1.52. The molecule has 0 saturated heterocycles. The van der Waals surface area contributed by atoms with Gasteiger partial charge in [0, 0.05) is 0 Å². The molecule has 2 rings (SSSR count). The quantitative estimate of drug-likeness (QED) is 0.724. The van der Waals surface area contributed by atoms with Crippen LogP contribution in [-0.4, -0.2) is 13.0 Å². The van der Waals surface area contributed by atoms with Crippen LogP contribution in [-0.2, 0) is 16.5 Å². The van der Waals surface area contributed by atoms with E-state index in [4.69, 9.17) is 4.74 Å². The summed E-state index contributed by atoms with van der Waals surface area (Å²) >= 11 is 0. The SMILES string of the molecule is CC1(c2cccc(C(F)(F)F)c2)CO[C]=N1. The van der Waals surface area contributed by atoms with Gasteiger partial charge < -0.3 is 4.74 Å². The summed E-state index contributed by atoms with van der Waals surface area (Å²) in [7, 11) is 0. The number of alkyl halides is 3. The Morgan fingerprint density at radius 1 is 1.44 bits per heavy atom. The Hall–Kier alpha value is -1.52. The van der Waals surface area contributed by atoms with Gasteiger partial charge in [-0.1, -0.05) is 12.1 Å². The summed E-state index contributed by atoms with van der Waals surface area (Å²) < 4.78 is 42.3. The highest BCUT2D eigenvalue weighted by atomic mass is 19.4. The summed E-state index contributed by atoms with van der Waals surface area (Å²) in [5.41, 5.74) is -0.956. The summed E-state index contributed by atoms with van der Waals surface area (Å²) in [6.45, 7) is 1.93. The molecule has 0 saturated carbocycles. The summed E-state index contributed by atoms with van der Waals surface area (Å²) in [4.78, 5) is 3.92. The number of benzene rings is 1. The molecule has 1 aromatic rings. The first-order chi connectivity index (χ1) is 7.42. The molecular weight excluding hydrogens is 219 g/mol. The first-order valence-corrected chi connectivity index (χ1v) is 4.68. The second kappa shape index (κ2) is 3.50. The zero-order valence-corrected chi connectivity index (χ0v) is 8.51. The van der Waals surface area contributed by atoms with E-state index in [9.17, 15) is 13.2 Å². The molecule has 0 aromatic heterocycles. The van der Waals surface area contributed by atoms with Gasteiger partial charge in [-0.15, -0.1) is 0 Å². The largest absolute Gasteiger partial charge is 0.471 e. The maximum absolute atomic E-state index is 12.5. The average molecular weight is 228 g/mol. The molecule has 1 radical (unpaired) electrons. The first-order valence-electron chi connectivity index (χ1n) is 4.68. The Balaban J connectivity index is 2.40. The summed E-state index contributed by atoms with van der Waals surface area (Å²) in [5.74, 6) is 0. The van der Waals surface area contributed by atoms with Crippen molar-refractivity contribution in [1.29, 1.82) is 0 Å². The lowest BCUT2D eigenvalue weighted by Crippen LogP contribution is -2.21. The molecule has 0 aliphatic carbocycles. The van der Waals surface area contributed by atoms with Crippen molar-refractivity contribution < 1.29 is 17.9 Å². The van der Waals surface area contributed by atoms with Crippen LogP contribution in [0.2, 0.25) is 0 Å². The Bertz CT molecular complexity index is 427. The third kappa shape index (κ3) is 1.89. The van der Waals surface area contributed by atoms with Gasteiger partial charge in [-0.25, -0.2) is 4.99 Å². The van der Waals surface area contributed by atoms with Gasteiger partial charge in [0.2, 0.25) is 0 Å². The molecule has 85 valence electrons. The van der Waals surface area contributed by atoms with Crippen LogP contribution in [0.4, 0.5) is 13.2 Å². The smallest absolute Gasteiger partial charge is 0.416 e. The molecule has 16 heavy (non-hydrogen) atoms. The maximum Gasteiger partial charge on any atom is 0.416 e. The molecule has 2 nitrogen and oxygen atoms in total. The highest BCUT2D eigenvalue weighted by Crippen LogP contribution is 2.34. The van der Waals surface area contributed by atoms with Gasteiger partial charge in [0.1, 0.15) is 12.1 Å². The molecule has 1 aliphatic heterocycles. The van der Waals surface area contributed by atoms with E-state index in [0.717, 1.165) is 12.1 Å². The number of rotatable bonds is 1. The summed E-state index contributed by atoms with van der Waals surface area (Å²) in [5, 5.41) is 0. The van der Waals surface area contributed by atoms with E-state index in [1.54, 1.807) is 13.0 Å². The standard InChI is InChI=1S/C11H9F3NO/c1-10(6-16-7-15-10)8-3-2-4-9(5-8)11(12,13)14/h2-5H,6H2,1H3. The maximum atomic E-state index is 12.5. The molecule has 0 bridgehead atoms. The van der Waals surface area contributed by atoms with E-state index in [1.807, 2.05) is 0 Å². The van der Waals surface area contributed by atoms with Crippen LogP contribution in [0.3, 0.4) is 0 Å². The normalized spacial score (nSPS) is 24.5. The fourth-order valence-corrected chi connectivity index (χ4v) is 1.52. The van der Waals surface area contributed by atoms with Crippen molar-refractivity contribution in [2.75, 3.05) is 6.61 Å². The van der Waals surface area contributed by atoms with Crippen LogP contribution >= 0.6 is 0 Å². The third-order valence-electron chi connectivity index (χ3n) is 2.52. The average Bonchev–Trinajstić information content (AvgIpc) is 2.66. The van der Waals surface area contributed by atoms with Gasteiger partial charge in [-0.2, -0.15) is 13.2 Å². The number of hydrogen-bond acceptors (Lipinski definition) is 2. The predicted molar refractivity (Wildman–Crippen MR) is 52.2 cm³/mol. The monoisotopic (exact) mass is 228 g/mol. The van der Waals surface area contributed by atoms with Gasteiger partial charge in [0.05, 0.1) is 5.56 Å². The molecule has 0 amide bonds. The van der Waals surface area contributed by atoms with Crippen molar-refractivity contribution in [1.82, 2.24) is 0 Å². The molecule has 5 heteroatoms. The van der Waals surface area contributed by atoms with Gasteiger partial charge >= 0.3 is 6.18 Å². The van der Waals surface area contributed by atoms with Gasteiger partial charge in [0.15, 0.2) is 0 Å². The van der Waals surface area contributed by atoms with E-state index < -0.39 is 17.3 Å². The van der Waals surface area contributed by atoms with Crippen LogP contribution in [0, 0.1) is 0 Å².